The van der Waals surface area contributed by atoms with Crippen molar-refractivity contribution < 1.29 is 14.7 Å². The van der Waals surface area contributed by atoms with Gasteiger partial charge >= 0.3 is 5.97 Å². The van der Waals surface area contributed by atoms with Gasteiger partial charge in [0, 0.05) is 6.04 Å². The molecule has 1 aromatic heterocycles. The zero-order valence-corrected chi connectivity index (χ0v) is 12.6. The van der Waals surface area contributed by atoms with E-state index in [1.54, 1.807) is 12.1 Å². The standard InChI is InChI=1S/C14H19ClN2O3/c1-14(2,3)8-9(7-12(18)19)16-13(20)10-5-4-6-11(15)17-10/h4-6,9H,7-8H2,1-3H3,(H,16,20)(H,18,19). The van der Waals surface area contributed by atoms with Crippen LogP contribution >= 0.6 is 11.6 Å². The van der Waals surface area contributed by atoms with Gasteiger partial charge in [0.25, 0.3) is 5.91 Å². The van der Waals surface area contributed by atoms with Crippen LogP contribution in [0.4, 0.5) is 0 Å². The maximum absolute atomic E-state index is 12.0. The largest absolute Gasteiger partial charge is 0.481 e. The SMILES string of the molecule is CC(C)(C)CC(CC(=O)O)NC(=O)c1cccc(Cl)n1. The number of nitrogens with one attached hydrogen (secondary N) is 1. The fourth-order valence-electron chi connectivity index (χ4n) is 1.92. The Labute approximate surface area is 123 Å². The predicted molar refractivity (Wildman–Crippen MR) is 76.8 cm³/mol. The molecular weight excluding hydrogens is 280 g/mol. The van der Waals surface area contributed by atoms with E-state index in [0.29, 0.717) is 6.42 Å². The van der Waals surface area contributed by atoms with Crippen LogP contribution < -0.4 is 5.32 Å². The van der Waals surface area contributed by atoms with Gasteiger partial charge in [-0.3, -0.25) is 9.59 Å². The molecule has 0 saturated carbocycles. The van der Waals surface area contributed by atoms with Gasteiger partial charge in [-0.15, -0.1) is 0 Å². The molecule has 0 aliphatic rings. The van der Waals surface area contributed by atoms with Crippen LogP contribution in [0.25, 0.3) is 0 Å². The molecule has 0 bridgehead atoms. The van der Waals surface area contributed by atoms with E-state index in [1.807, 2.05) is 20.8 Å². The van der Waals surface area contributed by atoms with Gasteiger partial charge in [-0.05, 0) is 24.0 Å². The Kier molecular flexibility index (Phi) is 5.51. The van der Waals surface area contributed by atoms with Crippen molar-refractivity contribution in [1.29, 1.82) is 0 Å². The highest BCUT2D eigenvalue weighted by molar-refractivity contribution is 6.29. The van der Waals surface area contributed by atoms with Gasteiger partial charge in [-0.1, -0.05) is 38.4 Å². The first kappa shape index (κ1) is 16.4. The summed E-state index contributed by atoms with van der Waals surface area (Å²) in [4.78, 5) is 26.8. The number of aliphatic carboxylic acids is 1. The number of amides is 1. The van der Waals surface area contributed by atoms with Crippen molar-refractivity contribution in [2.24, 2.45) is 5.41 Å². The van der Waals surface area contributed by atoms with Crippen molar-refractivity contribution in [3.63, 3.8) is 0 Å². The van der Waals surface area contributed by atoms with Crippen LogP contribution in [0.3, 0.4) is 0 Å². The van der Waals surface area contributed by atoms with Gasteiger partial charge in [-0.2, -0.15) is 0 Å². The highest BCUT2D eigenvalue weighted by atomic mass is 35.5. The molecule has 1 aromatic rings. The second-order valence-corrected chi connectivity index (χ2v) is 6.27. The molecule has 0 saturated heterocycles. The molecule has 0 radical (unpaired) electrons. The predicted octanol–water partition coefficient (Wildman–Crippen LogP) is 2.74. The van der Waals surface area contributed by atoms with Gasteiger partial charge in [-0.25, -0.2) is 4.98 Å². The molecule has 1 rings (SSSR count). The van der Waals surface area contributed by atoms with Gasteiger partial charge in [0.05, 0.1) is 6.42 Å². The topological polar surface area (TPSA) is 79.3 Å². The minimum atomic E-state index is -0.946. The fraction of sp³-hybridized carbons (Fsp3) is 0.500. The molecular formula is C14H19ClN2O3. The minimum absolute atomic E-state index is 0.0881. The fourth-order valence-corrected chi connectivity index (χ4v) is 2.08. The molecule has 0 aliphatic carbocycles. The second-order valence-electron chi connectivity index (χ2n) is 5.88. The molecule has 1 heterocycles. The highest BCUT2D eigenvalue weighted by Gasteiger charge is 2.23. The van der Waals surface area contributed by atoms with Crippen molar-refractivity contribution in [3.05, 3.63) is 29.0 Å². The summed E-state index contributed by atoms with van der Waals surface area (Å²) in [6, 6.07) is 4.29. The van der Waals surface area contributed by atoms with Crippen LogP contribution in [-0.4, -0.2) is 28.0 Å². The molecule has 1 unspecified atom stereocenters. The monoisotopic (exact) mass is 298 g/mol. The third kappa shape index (κ3) is 6.02. The first-order valence-electron chi connectivity index (χ1n) is 6.32. The summed E-state index contributed by atoms with van der Waals surface area (Å²) in [5, 5.41) is 11.9. The molecule has 0 aromatic carbocycles. The molecule has 0 spiro atoms. The van der Waals surface area contributed by atoms with Crippen LogP contribution in [0.1, 0.15) is 44.1 Å². The molecule has 110 valence electrons. The third-order valence-electron chi connectivity index (χ3n) is 2.56. The number of pyridine rings is 1. The first-order chi connectivity index (χ1) is 9.17. The maximum atomic E-state index is 12.0. The quantitative estimate of drug-likeness (QED) is 0.819. The number of carbonyl (C=O) groups excluding carboxylic acids is 1. The molecule has 1 amide bonds. The van der Waals surface area contributed by atoms with Crippen LogP contribution in [0, 0.1) is 5.41 Å². The Morgan fingerprint density at radius 2 is 2.05 bits per heavy atom. The number of hydrogen-bond donors (Lipinski definition) is 2. The third-order valence-corrected chi connectivity index (χ3v) is 2.77. The molecule has 0 fully saturated rings. The summed E-state index contributed by atoms with van der Waals surface area (Å²) in [6.07, 6.45) is 0.440. The van der Waals surface area contributed by atoms with Crippen LogP contribution in [0.2, 0.25) is 5.15 Å². The second kappa shape index (κ2) is 6.70. The summed E-state index contributed by atoms with van der Waals surface area (Å²) < 4.78 is 0. The summed E-state index contributed by atoms with van der Waals surface area (Å²) >= 11 is 5.73. The van der Waals surface area contributed by atoms with E-state index in [4.69, 9.17) is 16.7 Å². The molecule has 6 heteroatoms. The molecule has 0 aliphatic heterocycles. The Balaban J connectivity index is 2.78. The highest BCUT2D eigenvalue weighted by Crippen LogP contribution is 2.22. The number of aromatic nitrogens is 1. The number of hydrogen-bond acceptors (Lipinski definition) is 3. The lowest BCUT2D eigenvalue weighted by Crippen LogP contribution is -2.39. The average Bonchev–Trinajstić information content (AvgIpc) is 2.25. The Hall–Kier alpha value is -1.62. The van der Waals surface area contributed by atoms with E-state index in [0.717, 1.165) is 0 Å². The summed E-state index contributed by atoms with van der Waals surface area (Å²) in [5.41, 5.74) is 0.0941. The van der Waals surface area contributed by atoms with Crippen LogP contribution in [-0.2, 0) is 4.79 Å². The van der Waals surface area contributed by atoms with Gasteiger partial charge in [0.15, 0.2) is 0 Å². The van der Waals surface area contributed by atoms with E-state index >= 15 is 0 Å². The number of carboxylic acid groups (broad SMARTS) is 1. The maximum Gasteiger partial charge on any atom is 0.305 e. The molecule has 20 heavy (non-hydrogen) atoms. The van der Waals surface area contributed by atoms with Crippen molar-refractivity contribution in [3.8, 4) is 0 Å². The Morgan fingerprint density at radius 1 is 1.40 bits per heavy atom. The number of carboxylic acids is 1. The van der Waals surface area contributed by atoms with Crippen molar-refractivity contribution in [2.75, 3.05) is 0 Å². The molecule has 5 nitrogen and oxygen atoms in total. The van der Waals surface area contributed by atoms with Crippen LogP contribution in [0.5, 0.6) is 0 Å². The van der Waals surface area contributed by atoms with Crippen molar-refractivity contribution in [1.82, 2.24) is 10.3 Å². The number of rotatable bonds is 5. The minimum Gasteiger partial charge on any atom is -0.481 e. The van der Waals surface area contributed by atoms with E-state index in [1.165, 1.54) is 6.07 Å². The van der Waals surface area contributed by atoms with Crippen molar-refractivity contribution >= 4 is 23.5 Å². The smallest absolute Gasteiger partial charge is 0.305 e. The zero-order valence-electron chi connectivity index (χ0n) is 11.8. The van der Waals surface area contributed by atoms with Gasteiger partial charge < -0.3 is 10.4 Å². The Bertz CT molecular complexity index is 497. The summed E-state index contributed by atoms with van der Waals surface area (Å²) in [6.45, 7) is 5.98. The van der Waals surface area contributed by atoms with Gasteiger partial charge in [0.1, 0.15) is 10.8 Å². The van der Waals surface area contributed by atoms with E-state index in [2.05, 4.69) is 10.3 Å². The number of nitrogens with zero attached hydrogens (tertiary/aromatic N) is 1. The van der Waals surface area contributed by atoms with E-state index in [9.17, 15) is 9.59 Å². The van der Waals surface area contributed by atoms with Gasteiger partial charge in [0.2, 0.25) is 0 Å². The molecule has 2 N–H and O–H groups in total. The van der Waals surface area contributed by atoms with Crippen molar-refractivity contribution in [2.45, 2.75) is 39.7 Å². The van der Waals surface area contributed by atoms with E-state index < -0.39 is 17.9 Å². The number of halogens is 1. The lowest BCUT2D eigenvalue weighted by atomic mass is 9.87. The number of carbonyl (C=O) groups is 2. The lowest BCUT2D eigenvalue weighted by Gasteiger charge is -2.25. The normalized spacial score (nSPS) is 12.8. The lowest BCUT2D eigenvalue weighted by molar-refractivity contribution is -0.137. The first-order valence-corrected chi connectivity index (χ1v) is 6.70. The molecule has 1 atom stereocenters. The van der Waals surface area contributed by atoms with Crippen LogP contribution in [0.15, 0.2) is 18.2 Å². The zero-order chi connectivity index (χ0) is 15.3. The summed E-state index contributed by atoms with van der Waals surface area (Å²) in [5.74, 6) is -1.36. The average molecular weight is 299 g/mol. The Morgan fingerprint density at radius 3 is 2.55 bits per heavy atom. The summed E-state index contributed by atoms with van der Waals surface area (Å²) in [7, 11) is 0. The van der Waals surface area contributed by atoms with E-state index in [-0.39, 0.29) is 22.7 Å².